The maximum Gasteiger partial charge on any atom is 0.255 e. The highest BCUT2D eigenvalue weighted by atomic mass is 19.1. The van der Waals surface area contributed by atoms with Gasteiger partial charge in [0.05, 0.1) is 25.5 Å². The van der Waals surface area contributed by atoms with Crippen LogP contribution in [0.15, 0.2) is 73.1 Å². The van der Waals surface area contributed by atoms with Crippen molar-refractivity contribution in [3.8, 4) is 17.3 Å². The lowest BCUT2D eigenvalue weighted by Gasteiger charge is -2.11. The summed E-state index contributed by atoms with van der Waals surface area (Å²) in [6.45, 7) is 0.194. The van der Waals surface area contributed by atoms with E-state index in [1.165, 1.54) is 18.5 Å². The minimum atomic E-state index is -0.365. The predicted octanol–water partition coefficient (Wildman–Crippen LogP) is 3.46. The van der Waals surface area contributed by atoms with E-state index in [0.29, 0.717) is 22.6 Å². The molecule has 4 aromatic rings. The van der Waals surface area contributed by atoms with Crippen molar-refractivity contribution in [3.63, 3.8) is 0 Å². The van der Waals surface area contributed by atoms with Gasteiger partial charge in [-0.1, -0.05) is 18.2 Å². The van der Waals surface area contributed by atoms with E-state index in [9.17, 15) is 9.18 Å². The number of hydroxylamine groups is 1. The smallest absolute Gasteiger partial charge is 0.255 e. The van der Waals surface area contributed by atoms with Crippen molar-refractivity contribution in [2.24, 2.45) is 0 Å². The van der Waals surface area contributed by atoms with Crippen molar-refractivity contribution in [3.05, 3.63) is 95.8 Å². The van der Waals surface area contributed by atoms with Crippen LogP contribution in [-0.2, 0) is 11.4 Å². The van der Waals surface area contributed by atoms with E-state index in [2.05, 4.69) is 25.9 Å². The summed E-state index contributed by atoms with van der Waals surface area (Å²) in [4.78, 5) is 26.4. The van der Waals surface area contributed by atoms with Gasteiger partial charge in [-0.2, -0.15) is 5.10 Å². The van der Waals surface area contributed by atoms with Crippen molar-refractivity contribution in [1.82, 2.24) is 25.2 Å². The average Bonchev–Trinajstić information content (AvgIpc) is 3.57. The van der Waals surface area contributed by atoms with Crippen molar-refractivity contribution in [2.75, 3.05) is 18.2 Å². The molecule has 36 heavy (non-hydrogen) atoms. The first kappa shape index (κ1) is 23.0. The lowest BCUT2D eigenvalue weighted by Crippen LogP contribution is -2.18. The summed E-state index contributed by atoms with van der Waals surface area (Å²) in [6.07, 6.45) is 4.76. The lowest BCUT2D eigenvalue weighted by molar-refractivity contribution is 0.102. The van der Waals surface area contributed by atoms with E-state index in [4.69, 9.17) is 15.3 Å². The number of carbonyl (C=O) groups is 1. The van der Waals surface area contributed by atoms with Crippen molar-refractivity contribution >= 4 is 17.4 Å². The zero-order valence-corrected chi connectivity index (χ0v) is 19.2. The number of nitrogens with two attached hydrogens (primary N) is 1. The second-order valence-corrected chi connectivity index (χ2v) is 7.92. The van der Waals surface area contributed by atoms with Crippen LogP contribution in [0.3, 0.4) is 0 Å². The Morgan fingerprint density at radius 3 is 2.75 bits per heavy atom. The van der Waals surface area contributed by atoms with Crippen LogP contribution in [-0.4, -0.2) is 32.8 Å². The first-order valence-electron chi connectivity index (χ1n) is 11.0. The van der Waals surface area contributed by atoms with E-state index in [0.717, 1.165) is 5.69 Å². The number of amides is 1. The fraction of sp³-hybridized carbons (Fsp3) is 0.120. The van der Waals surface area contributed by atoms with E-state index in [-0.39, 0.29) is 41.6 Å². The Morgan fingerprint density at radius 2 is 2.06 bits per heavy atom. The fourth-order valence-electron chi connectivity index (χ4n) is 3.69. The molecule has 0 aliphatic carbocycles. The third kappa shape index (κ3) is 4.72. The number of nitrogens with one attached hydrogen (secondary N) is 2. The minimum Gasteiger partial charge on any atom is -0.497 e. The van der Waals surface area contributed by atoms with E-state index < -0.39 is 0 Å². The summed E-state index contributed by atoms with van der Waals surface area (Å²) in [5.74, 6) is 0.281. The SMILES string of the molecule is COc1ccc(C(=O)Nc2cnc(-c3cc(C4C=CON4)n(Cc4ccccc4F)n3)nc2N)cc1. The summed E-state index contributed by atoms with van der Waals surface area (Å²) in [5, 5.41) is 7.31. The number of nitrogen functional groups attached to an aromatic ring is 1. The molecule has 1 aliphatic rings. The molecule has 11 heteroatoms. The van der Waals surface area contributed by atoms with Gasteiger partial charge in [0.15, 0.2) is 11.6 Å². The molecule has 182 valence electrons. The van der Waals surface area contributed by atoms with Crippen LogP contribution >= 0.6 is 0 Å². The van der Waals surface area contributed by atoms with Crippen molar-refractivity contribution in [1.29, 1.82) is 0 Å². The molecule has 1 aliphatic heterocycles. The predicted molar refractivity (Wildman–Crippen MR) is 130 cm³/mol. The molecule has 0 saturated carbocycles. The van der Waals surface area contributed by atoms with Gasteiger partial charge in [-0.3, -0.25) is 9.48 Å². The molecule has 1 atom stereocenters. The Labute approximate surface area is 205 Å². The number of hydrogen-bond acceptors (Lipinski definition) is 8. The molecule has 3 heterocycles. The highest BCUT2D eigenvalue weighted by molar-refractivity contribution is 6.05. The van der Waals surface area contributed by atoms with Crippen LogP contribution < -0.4 is 21.3 Å². The van der Waals surface area contributed by atoms with Gasteiger partial charge in [-0.25, -0.2) is 14.4 Å². The molecule has 2 aromatic carbocycles. The second kappa shape index (κ2) is 9.84. The zero-order chi connectivity index (χ0) is 25.1. The van der Waals surface area contributed by atoms with Crippen LogP contribution in [0.4, 0.5) is 15.9 Å². The monoisotopic (exact) mass is 487 g/mol. The average molecular weight is 487 g/mol. The molecule has 2 aromatic heterocycles. The van der Waals surface area contributed by atoms with Crippen LogP contribution in [0.2, 0.25) is 0 Å². The molecule has 0 spiro atoms. The van der Waals surface area contributed by atoms with Gasteiger partial charge in [-0.05, 0) is 42.5 Å². The molecule has 5 rings (SSSR count). The Bertz CT molecular complexity index is 1440. The first-order chi connectivity index (χ1) is 17.5. The van der Waals surface area contributed by atoms with Crippen molar-refractivity contribution in [2.45, 2.75) is 12.6 Å². The van der Waals surface area contributed by atoms with Crippen LogP contribution in [0.1, 0.15) is 27.7 Å². The third-order valence-electron chi connectivity index (χ3n) is 5.59. The number of ether oxygens (including phenoxy) is 1. The Kier molecular flexibility index (Phi) is 6.29. The number of benzene rings is 2. The normalized spacial score (nSPS) is 14.4. The highest BCUT2D eigenvalue weighted by Crippen LogP contribution is 2.26. The number of rotatable bonds is 7. The maximum atomic E-state index is 14.3. The number of aromatic nitrogens is 4. The van der Waals surface area contributed by atoms with Gasteiger partial charge in [0, 0.05) is 11.1 Å². The van der Waals surface area contributed by atoms with Gasteiger partial charge in [0.2, 0.25) is 0 Å². The molecule has 1 unspecified atom stereocenters. The lowest BCUT2D eigenvalue weighted by atomic mass is 10.1. The Morgan fingerprint density at radius 1 is 1.25 bits per heavy atom. The number of methoxy groups -OCH3 is 1. The summed E-state index contributed by atoms with van der Waals surface area (Å²) in [5.41, 5.74) is 11.3. The van der Waals surface area contributed by atoms with Gasteiger partial charge in [-0.15, -0.1) is 5.48 Å². The summed E-state index contributed by atoms with van der Waals surface area (Å²) in [7, 11) is 1.55. The second-order valence-electron chi connectivity index (χ2n) is 7.92. The number of nitrogens with zero attached hydrogens (tertiary/aromatic N) is 4. The summed E-state index contributed by atoms with van der Waals surface area (Å²) >= 11 is 0. The number of halogens is 1. The van der Waals surface area contributed by atoms with Gasteiger partial charge >= 0.3 is 0 Å². The van der Waals surface area contributed by atoms with Gasteiger partial charge in [0.1, 0.15) is 35.3 Å². The standard InChI is InChI=1S/C25H22FN7O3/c1-35-17-8-6-15(7-9-17)25(34)29-21-13-28-24(30-23(21)27)20-12-22(19-10-11-36-32-19)33(31-20)14-16-4-2-3-5-18(16)26/h2-13,19,32H,14H2,1H3,(H,29,34)(H2,27,28,30). The Balaban J connectivity index is 1.40. The molecule has 0 fully saturated rings. The number of anilines is 2. The molecule has 4 N–H and O–H groups in total. The quantitative estimate of drug-likeness (QED) is 0.361. The van der Waals surface area contributed by atoms with E-state index in [1.54, 1.807) is 60.3 Å². The topological polar surface area (TPSA) is 129 Å². The zero-order valence-electron chi connectivity index (χ0n) is 19.2. The maximum absolute atomic E-state index is 14.3. The van der Waals surface area contributed by atoms with Crippen molar-refractivity contribution < 1.29 is 18.8 Å². The van der Waals surface area contributed by atoms with Crippen LogP contribution in [0.5, 0.6) is 5.75 Å². The van der Waals surface area contributed by atoms with E-state index in [1.807, 2.05) is 6.08 Å². The summed E-state index contributed by atoms with van der Waals surface area (Å²) < 4.78 is 21.1. The van der Waals surface area contributed by atoms with Gasteiger partial charge < -0.3 is 20.6 Å². The number of carbonyl (C=O) groups excluding carboxylic acids is 1. The van der Waals surface area contributed by atoms with Crippen LogP contribution in [0.25, 0.3) is 11.5 Å². The minimum absolute atomic E-state index is 0.0780. The molecule has 0 bridgehead atoms. The van der Waals surface area contributed by atoms with E-state index >= 15 is 0 Å². The third-order valence-corrected chi connectivity index (χ3v) is 5.59. The fourth-order valence-corrected chi connectivity index (χ4v) is 3.69. The molecule has 10 nitrogen and oxygen atoms in total. The highest BCUT2D eigenvalue weighted by Gasteiger charge is 2.22. The molecule has 0 saturated heterocycles. The first-order valence-corrected chi connectivity index (χ1v) is 11.0. The molecular weight excluding hydrogens is 465 g/mol. The molecule has 1 amide bonds. The largest absolute Gasteiger partial charge is 0.497 e. The van der Waals surface area contributed by atoms with Crippen LogP contribution in [0, 0.1) is 5.82 Å². The summed E-state index contributed by atoms with van der Waals surface area (Å²) in [6, 6.07) is 14.6. The van der Waals surface area contributed by atoms with Gasteiger partial charge in [0.25, 0.3) is 5.91 Å². The Hall–Kier alpha value is -4.77. The number of hydrogen-bond donors (Lipinski definition) is 3. The molecular formula is C25H22FN7O3. The molecule has 0 radical (unpaired) electrons.